The highest BCUT2D eigenvalue weighted by Crippen LogP contribution is 2.38. The topological polar surface area (TPSA) is 78.3 Å². The molecule has 2 aromatic heterocycles. The molecule has 5 aromatic carbocycles. The maximum atomic E-state index is 10.3. The predicted octanol–water partition coefficient (Wildman–Crippen LogP) is 8.93. The SMILES string of the molecule is Cc1ccc(-c2ccc3c(c2)c2cc(-c4ccc(C)cc4)ccc2n3-c2ccc(-c3ncc(C#N)cn3)cc2C#N)cc1. The van der Waals surface area contributed by atoms with E-state index in [1.165, 1.54) is 23.5 Å². The molecule has 5 heteroatoms. The molecule has 0 bridgehead atoms. The average Bonchev–Trinajstić information content (AvgIpc) is 3.38. The summed E-state index contributed by atoms with van der Waals surface area (Å²) in [7, 11) is 0. The predicted molar refractivity (Wildman–Crippen MR) is 172 cm³/mol. The third kappa shape index (κ3) is 4.60. The van der Waals surface area contributed by atoms with Crippen LogP contribution in [0.3, 0.4) is 0 Å². The summed E-state index contributed by atoms with van der Waals surface area (Å²) in [6.07, 6.45) is 2.99. The van der Waals surface area contributed by atoms with Crippen LogP contribution in [0.5, 0.6) is 0 Å². The number of hydrogen-bond acceptors (Lipinski definition) is 4. The molecule has 0 radical (unpaired) electrons. The van der Waals surface area contributed by atoms with Gasteiger partial charge in [0, 0.05) is 28.7 Å². The highest BCUT2D eigenvalue weighted by molar-refractivity contribution is 6.11. The molecule has 0 fully saturated rings. The standard InChI is InChI=1S/C38H25N5/c1-24-3-7-27(8-4-24)29-11-15-36-33(18-29)34-19-30(28-9-5-25(2)6-10-28)12-16-37(34)43(36)35-14-13-31(17-32(35)21-40)38-41-22-26(20-39)23-42-38/h3-19,22-23H,1-2H3. The monoisotopic (exact) mass is 551 g/mol. The summed E-state index contributed by atoms with van der Waals surface area (Å²) in [5, 5.41) is 21.6. The van der Waals surface area contributed by atoms with Crippen molar-refractivity contribution in [1.82, 2.24) is 14.5 Å². The Hall–Kier alpha value is -6.04. The Kier molecular flexibility index (Phi) is 6.27. The first-order chi connectivity index (χ1) is 21.0. The summed E-state index contributed by atoms with van der Waals surface area (Å²) in [5.41, 5.74) is 11.5. The molecule has 0 aliphatic heterocycles. The fraction of sp³-hybridized carbons (Fsp3) is 0.0526. The highest BCUT2D eigenvalue weighted by Gasteiger charge is 2.18. The Balaban J connectivity index is 1.46. The number of fused-ring (bicyclic) bond motifs is 3. The Bertz CT molecular complexity index is 2140. The van der Waals surface area contributed by atoms with Gasteiger partial charge >= 0.3 is 0 Å². The van der Waals surface area contributed by atoms with Gasteiger partial charge in [0.05, 0.1) is 27.8 Å². The van der Waals surface area contributed by atoms with Gasteiger partial charge in [-0.2, -0.15) is 10.5 Å². The van der Waals surface area contributed by atoms with Crippen molar-refractivity contribution in [2.24, 2.45) is 0 Å². The van der Waals surface area contributed by atoms with Gasteiger partial charge in [-0.15, -0.1) is 0 Å². The molecule has 0 amide bonds. The molecule has 0 atom stereocenters. The quantitative estimate of drug-likeness (QED) is 0.219. The summed E-state index contributed by atoms with van der Waals surface area (Å²) < 4.78 is 2.17. The van der Waals surface area contributed by atoms with Gasteiger partial charge in [0.15, 0.2) is 5.82 Å². The Morgan fingerprint density at radius 2 is 1.02 bits per heavy atom. The lowest BCUT2D eigenvalue weighted by Gasteiger charge is -2.12. The van der Waals surface area contributed by atoms with Crippen molar-refractivity contribution < 1.29 is 0 Å². The second-order valence-corrected chi connectivity index (χ2v) is 10.8. The molecule has 5 nitrogen and oxygen atoms in total. The lowest BCUT2D eigenvalue weighted by atomic mass is 9.99. The van der Waals surface area contributed by atoms with E-state index in [4.69, 9.17) is 5.26 Å². The molecule has 0 saturated heterocycles. The second kappa shape index (κ2) is 10.4. The van der Waals surface area contributed by atoms with Crippen LogP contribution in [0, 0.1) is 36.5 Å². The summed E-state index contributed by atoms with van der Waals surface area (Å²) in [6.45, 7) is 4.19. The van der Waals surface area contributed by atoms with E-state index in [9.17, 15) is 5.26 Å². The normalized spacial score (nSPS) is 11.0. The molecule has 0 saturated carbocycles. The van der Waals surface area contributed by atoms with Gasteiger partial charge in [-0.1, -0.05) is 71.8 Å². The molecule has 0 unspecified atom stereocenters. The van der Waals surface area contributed by atoms with Crippen LogP contribution in [0.2, 0.25) is 0 Å². The molecule has 7 aromatic rings. The Labute approximate surface area is 249 Å². The van der Waals surface area contributed by atoms with E-state index in [0.717, 1.165) is 49.7 Å². The molecule has 0 N–H and O–H groups in total. The van der Waals surface area contributed by atoms with Crippen LogP contribution in [-0.4, -0.2) is 14.5 Å². The van der Waals surface area contributed by atoms with Gasteiger partial charge in [-0.3, -0.25) is 0 Å². The maximum absolute atomic E-state index is 10.3. The maximum Gasteiger partial charge on any atom is 0.159 e. The summed E-state index contributed by atoms with van der Waals surface area (Å²) in [5.74, 6) is 0.467. The van der Waals surface area contributed by atoms with Crippen molar-refractivity contribution >= 4 is 21.8 Å². The molecule has 0 aliphatic rings. The van der Waals surface area contributed by atoms with E-state index in [2.05, 4.69) is 119 Å². The number of rotatable bonds is 4. The number of nitrogens with zero attached hydrogens (tertiary/aromatic N) is 5. The van der Waals surface area contributed by atoms with Gasteiger partial charge in [0.2, 0.25) is 0 Å². The van der Waals surface area contributed by atoms with Crippen LogP contribution in [0.15, 0.2) is 116 Å². The smallest absolute Gasteiger partial charge is 0.159 e. The van der Waals surface area contributed by atoms with Crippen LogP contribution < -0.4 is 0 Å². The van der Waals surface area contributed by atoms with E-state index in [0.29, 0.717) is 22.5 Å². The number of aromatic nitrogens is 3. The van der Waals surface area contributed by atoms with Crippen molar-refractivity contribution in [3.8, 4) is 51.5 Å². The zero-order valence-electron chi connectivity index (χ0n) is 23.7. The van der Waals surface area contributed by atoms with E-state index < -0.39 is 0 Å². The van der Waals surface area contributed by atoms with Gasteiger partial charge < -0.3 is 4.57 Å². The minimum absolute atomic E-state index is 0.390. The van der Waals surface area contributed by atoms with Gasteiger partial charge in [0.25, 0.3) is 0 Å². The Morgan fingerprint density at radius 3 is 1.51 bits per heavy atom. The fourth-order valence-corrected chi connectivity index (χ4v) is 5.63. The minimum Gasteiger partial charge on any atom is -0.308 e. The zero-order valence-corrected chi connectivity index (χ0v) is 23.7. The van der Waals surface area contributed by atoms with Crippen LogP contribution in [0.4, 0.5) is 0 Å². The van der Waals surface area contributed by atoms with Gasteiger partial charge in [-0.25, -0.2) is 9.97 Å². The molecule has 2 heterocycles. The molecule has 202 valence electrons. The van der Waals surface area contributed by atoms with E-state index in [1.807, 2.05) is 24.3 Å². The number of hydrogen-bond donors (Lipinski definition) is 0. The number of benzene rings is 5. The minimum atomic E-state index is 0.390. The number of nitriles is 2. The van der Waals surface area contributed by atoms with Gasteiger partial charge in [0.1, 0.15) is 12.1 Å². The summed E-state index contributed by atoms with van der Waals surface area (Å²) in [4.78, 5) is 8.65. The van der Waals surface area contributed by atoms with Crippen molar-refractivity contribution in [3.63, 3.8) is 0 Å². The fourth-order valence-electron chi connectivity index (χ4n) is 5.63. The number of aryl methyl sites for hydroxylation is 2. The summed E-state index contributed by atoms with van der Waals surface area (Å²) >= 11 is 0. The second-order valence-electron chi connectivity index (χ2n) is 10.8. The first-order valence-electron chi connectivity index (χ1n) is 14.0. The van der Waals surface area contributed by atoms with Crippen LogP contribution in [-0.2, 0) is 0 Å². The van der Waals surface area contributed by atoms with Gasteiger partial charge in [-0.05, 0) is 78.6 Å². The molecule has 0 spiro atoms. The molecular weight excluding hydrogens is 526 g/mol. The summed E-state index contributed by atoms with van der Waals surface area (Å²) in [6, 6.07) is 40.4. The largest absolute Gasteiger partial charge is 0.308 e. The Morgan fingerprint density at radius 1 is 0.535 bits per heavy atom. The highest BCUT2D eigenvalue weighted by atomic mass is 15.0. The third-order valence-corrected chi connectivity index (χ3v) is 7.93. The van der Waals surface area contributed by atoms with E-state index in [-0.39, 0.29) is 0 Å². The van der Waals surface area contributed by atoms with Crippen LogP contribution in [0.1, 0.15) is 22.3 Å². The molecule has 43 heavy (non-hydrogen) atoms. The third-order valence-electron chi connectivity index (χ3n) is 7.93. The molecule has 7 rings (SSSR count). The van der Waals surface area contributed by atoms with Crippen molar-refractivity contribution in [2.45, 2.75) is 13.8 Å². The lowest BCUT2D eigenvalue weighted by Crippen LogP contribution is -1.99. The molecular formula is C38H25N5. The van der Waals surface area contributed by atoms with E-state index >= 15 is 0 Å². The van der Waals surface area contributed by atoms with Crippen molar-refractivity contribution in [2.75, 3.05) is 0 Å². The van der Waals surface area contributed by atoms with Crippen LogP contribution >= 0.6 is 0 Å². The van der Waals surface area contributed by atoms with Crippen LogP contribution in [0.25, 0.3) is 61.1 Å². The first kappa shape index (κ1) is 25.9. The van der Waals surface area contributed by atoms with Crippen molar-refractivity contribution in [1.29, 1.82) is 10.5 Å². The zero-order chi connectivity index (χ0) is 29.5. The lowest BCUT2D eigenvalue weighted by molar-refractivity contribution is 1.14. The van der Waals surface area contributed by atoms with E-state index in [1.54, 1.807) is 0 Å². The first-order valence-corrected chi connectivity index (χ1v) is 14.0. The van der Waals surface area contributed by atoms with Crippen molar-refractivity contribution in [3.05, 3.63) is 138 Å². The average molecular weight is 552 g/mol. The molecule has 0 aliphatic carbocycles.